The highest BCUT2D eigenvalue weighted by Crippen LogP contribution is 2.24. The third-order valence-electron chi connectivity index (χ3n) is 6.51. The number of pyridine rings is 1. The lowest BCUT2D eigenvalue weighted by atomic mass is 9.94. The molecule has 174 valence electrons. The van der Waals surface area contributed by atoms with Crippen LogP contribution in [-0.2, 0) is 13.1 Å². The minimum Gasteiger partial charge on any atom is -0.497 e. The molecule has 1 aliphatic carbocycles. The van der Waals surface area contributed by atoms with Crippen LogP contribution >= 0.6 is 0 Å². The van der Waals surface area contributed by atoms with Gasteiger partial charge in [0.1, 0.15) is 17.7 Å². The molecular formula is C25H32N6O2. The van der Waals surface area contributed by atoms with E-state index in [0.717, 1.165) is 28.8 Å². The van der Waals surface area contributed by atoms with E-state index in [0.29, 0.717) is 23.9 Å². The van der Waals surface area contributed by atoms with E-state index in [2.05, 4.69) is 28.1 Å². The third kappa shape index (κ3) is 4.48. The number of ether oxygens (including phenoxy) is 1. The molecule has 3 aromatic heterocycles. The minimum absolute atomic E-state index is 0. The molecule has 0 unspecified atom stereocenters. The third-order valence-corrected chi connectivity index (χ3v) is 6.51. The summed E-state index contributed by atoms with van der Waals surface area (Å²) < 4.78 is 8.27. The summed E-state index contributed by atoms with van der Waals surface area (Å²) in [4.78, 5) is 24.7. The Hall–Kier alpha value is -3.26. The van der Waals surface area contributed by atoms with Gasteiger partial charge in [-0.25, -0.2) is 14.8 Å². The van der Waals surface area contributed by atoms with Crippen LogP contribution in [0.15, 0.2) is 47.7 Å². The van der Waals surface area contributed by atoms with Crippen LogP contribution in [-0.4, -0.2) is 49.2 Å². The normalized spacial score (nSPS) is 14.6. The molecule has 8 heteroatoms. The number of nitrogens with zero attached hydrogens (tertiary/aromatic N) is 6. The summed E-state index contributed by atoms with van der Waals surface area (Å²) >= 11 is 0. The highest BCUT2D eigenvalue weighted by Gasteiger charge is 2.19. The molecule has 1 fully saturated rings. The topological polar surface area (TPSA) is 77.5 Å². The Balaban J connectivity index is 0.00000259. The number of methoxy groups -OCH3 is 1. The van der Waals surface area contributed by atoms with Gasteiger partial charge in [0.2, 0.25) is 0 Å². The van der Waals surface area contributed by atoms with Gasteiger partial charge in [-0.05, 0) is 49.2 Å². The second kappa shape index (κ2) is 9.70. The molecular weight excluding hydrogens is 416 g/mol. The van der Waals surface area contributed by atoms with E-state index in [1.165, 1.54) is 42.9 Å². The van der Waals surface area contributed by atoms with Crippen LogP contribution in [0.25, 0.3) is 16.7 Å². The van der Waals surface area contributed by atoms with Crippen molar-refractivity contribution < 1.29 is 4.74 Å². The van der Waals surface area contributed by atoms with Gasteiger partial charge in [-0.1, -0.05) is 38.8 Å². The molecule has 1 aliphatic rings. The number of hydrogen-bond donors (Lipinski definition) is 0. The van der Waals surface area contributed by atoms with E-state index in [9.17, 15) is 4.79 Å². The average molecular weight is 449 g/mol. The van der Waals surface area contributed by atoms with Crippen LogP contribution in [0.3, 0.4) is 0 Å². The molecule has 4 aromatic rings. The maximum absolute atomic E-state index is 13.2. The monoisotopic (exact) mass is 448 g/mol. The summed E-state index contributed by atoms with van der Waals surface area (Å²) in [7, 11) is 3.83. The Kier molecular flexibility index (Phi) is 6.74. The van der Waals surface area contributed by atoms with Crippen molar-refractivity contribution in [3.8, 4) is 5.75 Å². The quantitative estimate of drug-likeness (QED) is 0.445. The fourth-order valence-corrected chi connectivity index (χ4v) is 4.73. The van der Waals surface area contributed by atoms with Gasteiger partial charge in [-0.15, -0.1) is 0 Å². The first-order valence-electron chi connectivity index (χ1n) is 11.2. The van der Waals surface area contributed by atoms with Crippen LogP contribution in [0.2, 0.25) is 0 Å². The van der Waals surface area contributed by atoms with Gasteiger partial charge in [0.05, 0.1) is 19.0 Å². The van der Waals surface area contributed by atoms with E-state index in [1.807, 2.05) is 30.5 Å². The summed E-state index contributed by atoms with van der Waals surface area (Å²) in [6.45, 7) is 1.22. The fourth-order valence-electron chi connectivity index (χ4n) is 4.73. The maximum atomic E-state index is 13.2. The predicted molar refractivity (Wildman–Crippen MR) is 130 cm³/mol. The first-order valence-corrected chi connectivity index (χ1v) is 11.2. The molecule has 0 radical (unpaired) electrons. The highest BCUT2D eigenvalue weighted by molar-refractivity contribution is 5.89. The maximum Gasteiger partial charge on any atom is 0.352 e. The van der Waals surface area contributed by atoms with E-state index >= 15 is 0 Å². The highest BCUT2D eigenvalue weighted by atomic mass is 16.5. The molecule has 0 atom stereocenters. The predicted octanol–water partition coefficient (Wildman–Crippen LogP) is 3.90. The lowest BCUT2D eigenvalue weighted by molar-refractivity contribution is 0.184. The zero-order chi connectivity index (χ0) is 22.1. The molecule has 0 spiro atoms. The lowest BCUT2D eigenvalue weighted by Gasteiger charge is -2.31. The Morgan fingerprint density at radius 1 is 1.06 bits per heavy atom. The number of benzene rings is 1. The Labute approximate surface area is 193 Å². The SMILES string of the molecule is C.COc1ccc(Cn2c(=O)n3ncnc3c3cc(CN(C)C4CCCCC4)cnc32)cc1. The average Bonchev–Trinajstić information content (AvgIpc) is 3.33. The number of hydrogen-bond acceptors (Lipinski definition) is 6. The van der Waals surface area contributed by atoms with E-state index in [4.69, 9.17) is 9.72 Å². The molecule has 0 saturated heterocycles. The lowest BCUT2D eigenvalue weighted by Crippen LogP contribution is -2.33. The van der Waals surface area contributed by atoms with Crippen LogP contribution in [0.5, 0.6) is 5.75 Å². The second-order valence-electron chi connectivity index (χ2n) is 8.63. The summed E-state index contributed by atoms with van der Waals surface area (Å²) in [6, 6.07) is 10.4. The standard InChI is InChI=1S/C24H28N6O2.CH4/c1-28(19-6-4-3-5-7-19)14-18-12-21-22(25-13-18)29(24(31)30-23(21)26-16-27-30)15-17-8-10-20(32-2)11-9-17;/h8-13,16,19H,3-7,14-15H2,1-2H3;1H4. The summed E-state index contributed by atoms with van der Waals surface area (Å²) in [5, 5.41) is 5.01. The van der Waals surface area contributed by atoms with Crippen molar-refractivity contribution >= 4 is 16.7 Å². The minimum atomic E-state index is -0.250. The first-order chi connectivity index (χ1) is 15.6. The van der Waals surface area contributed by atoms with Gasteiger partial charge < -0.3 is 4.74 Å². The smallest absolute Gasteiger partial charge is 0.352 e. The van der Waals surface area contributed by atoms with Gasteiger partial charge in [-0.3, -0.25) is 9.47 Å². The zero-order valence-corrected chi connectivity index (χ0v) is 18.6. The van der Waals surface area contributed by atoms with Crippen molar-refractivity contribution in [2.24, 2.45) is 0 Å². The Morgan fingerprint density at radius 2 is 1.82 bits per heavy atom. The van der Waals surface area contributed by atoms with Crippen molar-refractivity contribution in [3.63, 3.8) is 0 Å². The Bertz CT molecular complexity index is 1290. The van der Waals surface area contributed by atoms with Crippen molar-refractivity contribution in [3.05, 3.63) is 64.5 Å². The molecule has 0 aliphatic heterocycles. The van der Waals surface area contributed by atoms with Crippen molar-refractivity contribution in [2.45, 2.75) is 58.7 Å². The molecule has 8 nitrogen and oxygen atoms in total. The molecule has 0 bridgehead atoms. The molecule has 33 heavy (non-hydrogen) atoms. The van der Waals surface area contributed by atoms with Crippen molar-refractivity contribution in [2.75, 3.05) is 14.2 Å². The molecule has 0 N–H and O–H groups in total. The number of aromatic nitrogens is 5. The van der Waals surface area contributed by atoms with Gasteiger partial charge >= 0.3 is 5.69 Å². The fraction of sp³-hybridized carbons (Fsp3) is 0.440. The van der Waals surface area contributed by atoms with Gasteiger partial charge in [0.15, 0.2) is 5.65 Å². The van der Waals surface area contributed by atoms with E-state index in [1.54, 1.807) is 11.7 Å². The molecule has 3 heterocycles. The van der Waals surface area contributed by atoms with Crippen molar-refractivity contribution in [1.82, 2.24) is 29.0 Å². The zero-order valence-electron chi connectivity index (χ0n) is 18.6. The van der Waals surface area contributed by atoms with Gasteiger partial charge in [-0.2, -0.15) is 9.61 Å². The number of rotatable bonds is 6. The van der Waals surface area contributed by atoms with Gasteiger partial charge in [0, 0.05) is 18.8 Å². The summed E-state index contributed by atoms with van der Waals surface area (Å²) in [6.07, 6.45) is 9.79. The molecule has 0 amide bonds. The molecule has 1 aromatic carbocycles. The first kappa shape index (κ1) is 22.9. The van der Waals surface area contributed by atoms with Crippen LogP contribution < -0.4 is 10.4 Å². The Morgan fingerprint density at radius 3 is 2.55 bits per heavy atom. The summed E-state index contributed by atoms with van der Waals surface area (Å²) in [5.41, 5.74) is 3.02. The van der Waals surface area contributed by atoms with Crippen LogP contribution in [0, 0.1) is 0 Å². The van der Waals surface area contributed by atoms with E-state index in [-0.39, 0.29) is 13.1 Å². The van der Waals surface area contributed by atoms with Gasteiger partial charge in [0.25, 0.3) is 0 Å². The van der Waals surface area contributed by atoms with Crippen molar-refractivity contribution in [1.29, 1.82) is 0 Å². The molecule has 1 saturated carbocycles. The summed E-state index contributed by atoms with van der Waals surface area (Å²) in [5.74, 6) is 0.780. The van der Waals surface area contributed by atoms with Crippen LogP contribution in [0.4, 0.5) is 0 Å². The van der Waals surface area contributed by atoms with Crippen LogP contribution in [0.1, 0.15) is 50.7 Å². The second-order valence-corrected chi connectivity index (χ2v) is 8.63. The largest absolute Gasteiger partial charge is 0.497 e. The molecule has 5 rings (SSSR count). The number of fused-ring (bicyclic) bond motifs is 3. The van der Waals surface area contributed by atoms with E-state index < -0.39 is 0 Å².